The van der Waals surface area contributed by atoms with Crippen molar-refractivity contribution in [1.82, 2.24) is 9.97 Å². The summed E-state index contributed by atoms with van der Waals surface area (Å²) in [4.78, 5) is 21.4. The Morgan fingerprint density at radius 1 is 1.16 bits per heavy atom. The number of pyridine rings is 2. The van der Waals surface area contributed by atoms with Crippen molar-refractivity contribution in [3.05, 3.63) is 59.4 Å². The van der Waals surface area contributed by atoms with Gasteiger partial charge in [0.15, 0.2) is 17.3 Å². The first-order valence-electron chi connectivity index (χ1n) is 9.96. The predicted octanol–water partition coefficient (Wildman–Crippen LogP) is 3.23. The van der Waals surface area contributed by atoms with Crippen molar-refractivity contribution >= 4 is 32.7 Å². The third-order valence-electron chi connectivity index (χ3n) is 5.16. The summed E-state index contributed by atoms with van der Waals surface area (Å²) >= 11 is 0. The van der Waals surface area contributed by atoms with Crippen LogP contribution in [-0.4, -0.2) is 43.8 Å². The van der Waals surface area contributed by atoms with Crippen molar-refractivity contribution in [2.45, 2.75) is 26.4 Å². The fraction of sp³-hybridized carbons (Fsp3) is 0.318. The molecule has 1 fully saturated rings. The first kappa shape index (κ1) is 21.0. The second kappa shape index (κ2) is 8.50. The molecule has 0 atom stereocenters. The van der Waals surface area contributed by atoms with E-state index < -0.39 is 16.0 Å². The number of sulfonamides is 1. The average Bonchev–Trinajstić information content (AvgIpc) is 2.77. The second-order valence-electron chi connectivity index (χ2n) is 7.37. The Labute approximate surface area is 180 Å². The summed E-state index contributed by atoms with van der Waals surface area (Å²) in [5.74, 6) is -0.343. The van der Waals surface area contributed by atoms with Crippen molar-refractivity contribution in [3.8, 4) is 5.75 Å². The minimum absolute atomic E-state index is 0.0374. The monoisotopic (exact) mass is 441 g/mol. The first-order chi connectivity index (χ1) is 14.9. The number of methoxy groups -OCH3 is 1. The van der Waals surface area contributed by atoms with Crippen molar-refractivity contribution in [2.75, 3.05) is 23.7 Å². The summed E-state index contributed by atoms with van der Waals surface area (Å²) in [6, 6.07) is 11.2. The third kappa shape index (κ3) is 4.18. The molecule has 4 rings (SSSR count). The third-order valence-corrected chi connectivity index (χ3v) is 7.00. The van der Waals surface area contributed by atoms with Crippen molar-refractivity contribution in [2.24, 2.45) is 0 Å². The molecular formula is C22H23N3O5S. The molecule has 0 radical (unpaired) electrons. The second-order valence-corrected chi connectivity index (χ2v) is 9.39. The molecule has 2 aromatic heterocycles. The lowest BCUT2D eigenvalue weighted by atomic mass is 10.1. The zero-order chi connectivity index (χ0) is 22.0. The maximum Gasteiger partial charge on any atom is 0.360 e. The SMILES string of the molecule is COC(=O)c1nc(N2CCCCS2(=O)=O)c2cccnc2c1OCc1ccc(C)cc1. The van der Waals surface area contributed by atoms with Gasteiger partial charge in [-0.05, 0) is 37.5 Å². The van der Waals surface area contributed by atoms with Crippen LogP contribution in [0.4, 0.5) is 5.82 Å². The lowest BCUT2D eigenvalue weighted by Gasteiger charge is -2.28. The molecule has 8 nitrogen and oxygen atoms in total. The molecule has 3 aromatic rings. The van der Waals surface area contributed by atoms with E-state index in [1.165, 1.54) is 11.4 Å². The Kier molecular flexibility index (Phi) is 5.77. The molecular weight excluding hydrogens is 418 g/mol. The van der Waals surface area contributed by atoms with Crippen LogP contribution in [0.25, 0.3) is 10.9 Å². The molecule has 1 aliphatic heterocycles. The summed E-state index contributed by atoms with van der Waals surface area (Å²) in [7, 11) is -2.30. The molecule has 0 aliphatic carbocycles. The number of benzene rings is 1. The van der Waals surface area contributed by atoms with Crippen molar-refractivity contribution in [3.63, 3.8) is 0 Å². The van der Waals surface area contributed by atoms with Gasteiger partial charge in [0.25, 0.3) is 0 Å². The molecule has 3 heterocycles. The molecule has 1 aromatic carbocycles. The van der Waals surface area contributed by atoms with Crippen molar-refractivity contribution < 1.29 is 22.7 Å². The molecule has 31 heavy (non-hydrogen) atoms. The van der Waals surface area contributed by atoms with Gasteiger partial charge in [0.2, 0.25) is 10.0 Å². The summed E-state index contributed by atoms with van der Waals surface area (Å²) in [6.07, 6.45) is 2.87. The van der Waals surface area contributed by atoms with E-state index in [0.717, 1.165) is 11.1 Å². The number of nitrogens with zero attached hydrogens (tertiary/aromatic N) is 3. The summed E-state index contributed by atoms with van der Waals surface area (Å²) in [5, 5.41) is 0.500. The van der Waals surface area contributed by atoms with Gasteiger partial charge in [-0.1, -0.05) is 29.8 Å². The predicted molar refractivity (Wildman–Crippen MR) is 117 cm³/mol. The van der Waals surface area contributed by atoms with Gasteiger partial charge in [-0.15, -0.1) is 0 Å². The Hall–Kier alpha value is -3.20. The number of carbonyl (C=O) groups excluding carboxylic acids is 1. The van der Waals surface area contributed by atoms with E-state index in [2.05, 4.69) is 9.97 Å². The smallest absolute Gasteiger partial charge is 0.360 e. The average molecular weight is 442 g/mol. The standard InChI is InChI=1S/C22H23N3O5S/c1-15-7-9-16(10-8-15)14-30-20-18-17(6-5-11-23-18)21(24-19(20)22(26)29-2)25-12-3-4-13-31(25,27)28/h5-11H,3-4,12-14H2,1-2H3. The zero-order valence-corrected chi connectivity index (χ0v) is 18.2. The first-order valence-corrected chi connectivity index (χ1v) is 11.6. The largest absolute Gasteiger partial charge is 0.484 e. The van der Waals surface area contributed by atoms with Gasteiger partial charge in [0.05, 0.1) is 12.9 Å². The minimum atomic E-state index is -3.54. The number of fused-ring (bicyclic) bond motifs is 1. The van der Waals surface area contributed by atoms with E-state index in [0.29, 0.717) is 30.3 Å². The zero-order valence-electron chi connectivity index (χ0n) is 17.4. The molecule has 1 aliphatic rings. The van der Waals surface area contributed by atoms with E-state index in [-0.39, 0.29) is 29.6 Å². The number of hydrogen-bond acceptors (Lipinski definition) is 7. The number of anilines is 1. The summed E-state index contributed by atoms with van der Waals surface area (Å²) in [6.45, 7) is 2.48. The highest BCUT2D eigenvalue weighted by Gasteiger charge is 2.32. The van der Waals surface area contributed by atoms with Gasteiger partial charge in [-0.25, -0.2) is 18.2 Å². The fourth-order valence-electron chi connectivity index (χ4n) is 3.52. The van der Waals surface area contributed by atoms with Crippen LogP contribution < -0.4 is 9.04 Å². The number of aromatic nitrogens is 2. The Bertz CT molecular complexity index is 1230. The number of ether oxygens (including phenoxy) is 2. The molecule has 1 saturated heterocycles. The van der Waals surface area contributed by atoms with Gasteiger partial charge in [0.1, 0.15) is 12.1 Å². The lowest BCUT2D eigenvalue weighted by molar-refractivity contribution is 0.0589. The Morgan fingerprint density at radius 2 is 1.94 bits per heavy atom. The van der Waals surface area contributed by atoms with Crippen LogP contribution in [-0.2, 0) is 21.4 Å². The van der Waals surface area contributed by atoms with E-state index in [4.69, 9.17) is 9.47 Å². The van der Waals surface area contributed by atoms with E-state index in [1.807, 2.05) is 31.2 Å². The number of rotatable bonds is 5. The molecule has 162 valence electrons. The molecule has 0 unspecified atom stereocenters. The maximum absolute atomic E-state index is 12.7. The number of esters is 1. The highest BCUT2D eigenvalue weighted by molar-refractivity contribution is 7.92. The quantitative estimate of drug-likeness (QED) is 0.561. The van der Waals surface area contributed by atoms with E-state index in [1.54, 1.807) is 18.3 Å². The fourth-order valence-corrected chi connectivity index (χ4v) is 5.12. The maximum atomic E-state index is 12.7. The number of carbonyl (C=O) groups is 1. The molecule has 0 saturated carbocycles. The lowest BCUT2D eigenvalue weighted by Crippen LogP contribution is -2.38. The number of hydrogen-bond donors (Lipinski definition) is 0. The molecule has 9 heteroatoms. The van der Waals surface area contributed by atoms with Crippen LogP contribution in [0.2, 0.25) is 0 Å². The molecule has 0 amide bonds. The van der Waals surface area contributed by atoms with Crippen LogP contribution in [0, 0.1) is 6.92 Å². The summed E-state index contributed by atoms with van der Waals surface area (Å²) < 4.78 is 37.6. The topological polar surface area (TPSA) is 98.7 Å². The molecule has 0 N–H and O–H groups in total. The van der Waals surface area contributed by atoms with Gasteiger partial charge in [-0.2, -0.15) is 0 Å². The Balaban J connectivity index is 1.85. The van der Waals surface area contributed by atoms with E-state index >= 15 is 0 Å². The Morgan fingerprint density at radius 3 is 2.65 bits per heavy atom. The minimum Gasteiger partial charge on any atom is -0.484 e. The van der Waals surface area contributed by atoms with Crippen LogP contribution in [0.5, 0.6) is 5.75 Å². The summed E-state index contributed by atoms with van der Waals surface area (Å²) in [5.41, 5.74) is 2.30. The van der Waals surface area contributed by atoms with Crippen LogP contribution in [0.1, 0.15) is 34.5 Å². The van der Waals surface area contributed by atoms with Crippen LogP contribution in [0.15, 0.2) is 42.6 Å². The van der Waals surface area contributed by atoms with Gasteiger partial charge in [-0.3, -0.25) is 9.29 Å². The van der Waals surface area contributed by atoms with Gasteiger partial charge in [0, 0.05) is 18.1 Å². The normalized spacial score (nSPS) is 15.6. The van der Waals surface area contributed by atoms with Crippen molar-refractivity contribution in [1.29, 1.82) is 0 Å². The number of aryl methyl sites for hydroxylation is 1. The van der Waals surface area contributed by atoms with Crippen LogP contribution in [0.3, 0.4) is 0 Å². The molecule has 0 spiro atoms. The van der Waals surface area contributed by atoms with E-state index in [9.17, 15) is 13.2 Å². The highest BCUT2D eigenvalue weighted by atomic mass is 32.2. The van der Waals surface area contributed by atoms with Gasteiger partial charge >= 0.3 is 5.97 Å². The van der Waals surface area contributed by atoms with Gasteiger partial charge < -0.3 is 9.47 Å². The highest BCUT2D eigenvalue weighted by Crippen LogP contribution is 2.36. The molecule has 0 bridgehead atoms. The van der Waals surface area contributed by atoms with Crippen LogP contribution >= 0.6 is 0 Å².